The molecule has 0 spiro atoms. The number of anilines is 1. The fourth-order valence-electron chi connectivity index (χ4n) is 3.15. The van der Waals surface area contributed by atoms with Crippen LogP contribution in [-0.2, 0) is 13.0 Å². The minimum absolute atomic E-state index is 0.261. The minimum atomic E-state index is -0.397. The van der Waals surface area contributed by atoms with Crippen molar-refractivity contribution in [3.63, 3.8) is 0 Å². The van der Waals surface area contributed by atoms with E-state index in [0.717, 1.165) is 18.5 Å². The number of rotatable bonds is 5. The number of nitrogens with one attached hydrogen (secondary N) is 2. The molecule has 0 unspecified atom stereocenters. The SMILES string of the molecule is CC(C)CNC(=O)c1nc(C(=O)Nc2ccccc2C#N)c2n1CCCC2. The van der Waals surface area contributed by atoms with Crippen LogP contribution in [0.2, 0.25) is 0 Å². The number of hydrogen-bond donors (Lipinski definition) is 2. The lowest BCUT2D eigenvalue weighted by atomic mass is 10.1. The van der Waals surface area contributed by atoms with Gasteiger partial charge in [-0.2, -0.15) is 5.26 Å². The van der Waals surface area contributed by atoms with E-state index in [1.165, 1.54) is 0 Å². The predicted molar refractivity (Wildman–Crippen MR) is 101 cm³/mol. The molecule has 2 aromatic rings. The van der Waals surface area contributed by atoms with Crippen LogP contribution < -0.4 is 10.6 Å². The first-order valence-electron chi connectivity index (χ1n) is 9.19. The van der Waals surface area contributed by atoms with Crippen LogP contribution in [0.5, 0.6) is 0 Å². The number of nitriles is 1. The highest BCUT2D eigenvalue weighted by molar-refractivity contribution is 6.05. The molecule has 0 bridgehead atoms. The molecule has 1 aromatic carbocycles. The number of nitrogens with zero attached hydrogens (tertiary/aromatic N) is 3. The second-order valence-corrected chi connectivity index (χ2v) is 7.05. The van der Waals surface area contributed by atoms with Gasteiger partial charge in [-0.3, -0.25) is 9.59 Å². The van der Waals surface area contributed by atoms with Crippen molar-refractivity contribution in [3.8, 4) is 6.07 Å². The molecule has 27 heavy (non-hydrogen) atoms. The maximum absolute atomic E-state index is 12.8. The van der Waals surface area contributed by atoms with Crippen molar-refractivity contribution in [3.05, 3.63) is 47.0 Å². The van der Waals surface area contributed by atoms with Crippen LogP contribution in [0.25, 0.3) is 0 Å². The second kappa shape index (κ2) is 8.04. The summed E-state index contributed by atoms with van der Waals surface area (Å²) >= 11 is 0. The fourth-order valence-corrected chi connectivity index (χ4v) is 3.15. The standard InChI is InChI=1S/C20H23N5O2/c1-13(2)12-22-20(27)18-24-17(16-9-5-6-10-25(16)18)19(26)23-15-8-4-3-7-14(15)11-21/h3-4,7-8,13H,5-6,9-10,12H2,1-2H3,(H,22,27)(H,23,26). The number of para-hydroxylation sites is 1. The molecule has 0 aliphatic carbocycles. The van der Waals surface area contributed by atoms with Crippen LogP contribution in [0.3, 0.4) is 0 Å². The zero-order valence-electron chi connectivity index (χ0n) is 15.6. The van der Waals surface area contributed by atoms with Crippen LogP contribution >= 0.6 is 0 Å². The first-order chi connectivity index (χ1) is 13.0. The molecule has 2 amide bonds. The van der Waals surface area contributed by atoms with E-state index in [9.17, 15) is 14.9 Å². The summed E-state index contributed by atoms with van der Waals surface area (Å²) in [4.78, 5) is 29.8. The summed E-state index contributed by atoms with van der Waals surface area (Å²) in [6.07, 6.45) is 2.60. The van der Waals surface area contributed by atoms with Gasteiger partial charge in [0, 0.05) is 13.1 Å². The summed E-state index contributed by atoms with van der Waals surface area (Å²) in [7, 11) is 0. The number of benzene rings is 1. The van der Waals surface area contributed by atoms with Crippen LogP contribution in [0.15, 0.2) is 24.3 Å². The molecule has 1 aliphatic heterocycles. The van der Waals surface area contributed by atoms with E-state index in [4.69, 9.17) is 0 Å². The lowest BCUT2D eigenvalue weighted by Crippen LogP contribution is -2.30. The van der Waals surface area contributed by atoms with Gasteiger partial charge in [0.25, 0.3) is 11.8 Å². The Bertz CT molecular complexity index is 908. The van der Waals surface area contributed by atoms with Gasteiger partial charge < -0.3 is 15.2 Å². The van der Waals surface area contributed by atoms with E-state index in [1.54, 1.807) is 24.3 Å². The van der Waals surface area contributed by atoms with Gasteiger partial charge in [-0.1, -0.05) is 26.0 Å². The predicted octanol–water partition coefficient (Wildman–Crippen LogP) is 2.73. The van der Waals surface area contributed by atoms with Crippen molar-refractivity contribution < 1.29 is 9.59 Å². The number of hydrogen-bond acceptors (Lipinski definition) is 4. The molecule has 2 heterocycles. The third-order valence-electron chi connectivity index (χ3n) is 4.50. The number of aromatic nitrogens is 2. The van der Waals surface area contributed by atoms with E-state index < -0.39 is 5.91 Å². The van der Waals surface area contributed by atoms with E-state index >= 15 is 0 Å². The minimum Gasteiger partial charge on any atom is -0.349 e. The highest BCUT2D eigenvalue weighted by Crippen LogP contribution is 2.23. The highest BCUT2D eigenvalue weighted by atomic mass is 16.2. The molecular weight excluding hydrogens is 342 g/mol. The molecule has 2 N–H and O–H groups in total. The Kier molecular flexibility index (Phi) is 5.55. The zero-order valence-corrected chi connectivity index (χ0v) is 15.6. The normalized spacial score (nSPS) is 13.0. The summed E-state index contributed by atoms with van der Waals surface area (Å²) in [5.41, 5.74) is 1.86. The Labute approximate surface area is 158 Å². The van der Waals surface area contributed by atoms with Crippen LogP contribution in [0, 0.1) is 17.2 Å². The maximum Gasteiger partial charge on any atom is 0.287 e. The topological polar surface area (TPSA) is 99.8 Å². The molecule has 0 atom stereocenters. The number of amides is 2. The van der Waals surface area contributed by atoms with Crippen molar-refractivity contribution in [1.29, 1.82) is 5.26 Å². The Hall–Kier alpha value is -3.14. The van der Waals surface area contributed by atoms with Crippen molar-refractivity contribution in [1.82, 2.24) is 14.9 Å². The van der Waals surface area contributed by atoms with Crippen molar-refractivity contribution in [2.45, 2.75) is 39.7 Å². The molecule has 0 saturated carbocycles. The largest absolute Gasteiger partial charge is 0.349 e. The van der Waals surface area contributed by atoms with Gasteiger partial charge in [-0.25, -0.2) is 4.98 Å². The molecule has 1 aliphatic rings. The quantitative estimate of drug-likeness (QED) is 0.851. The molecule has 7 nitrogen and oxygen atoms in total. The first kappa shape index (κ1) is 18.6. The monoisotopic (exact) mass is 365 g/mol. The lowest BCUT2D eigenvalue weighted by Gasteiger charge is -2.17. The average Bonchev–Trinajstić information content (AvgIpc) is 3.06. The zero-order chi connectivity index (χ0) is 19.4. The van der Waals surface area contributed by atoms with Crippen molar-refractivity contribution in [2.75, 3.05) is 11.9 Å². The Morgan fingerprint density at radius 3 is 2.78 bits per heavy atom. The summed E-state index contributed by atoms with van der Waals surface area (Å²) in [5.74, 6) is -0.0476. The Balaban J connectivity index is 1.90. The molecular formula is C20H23N5O2. The highest BCUT2D eigenvalue weighted by Gasteiger charge is 2.27. The van der Waals surface area contributed by atoms with Gasteiger partial charge in [0.1, 0.15) is 6.07 Å². The van der Waals surface area contributed by atoms with E-state index in [-0.39, 0.29) is 17.4 Å². The molecule has 0 radical (unpaired) electrons. The van der Waals surface area contributed by atoms with Gasteiger partial charge in [-0.15, -0.1) is 0 Å². The van der Waals surface area contributed by atoms with E-state index in [1.807, 2.05) is 18.4 Å². The Morgan fingerprint density at radius 1 is 1.26 bits per heavy atom. The van der Waals surface area contributed by atoms with Gasteiger partial charge in [0.2, 0.25) is 0 Å². The smallest absolute Gasteiger partial charge is 0.287 e. The molecule has 0 saturated heterocycles. The maximum atomic E-state index is 12.8. The number of imidazole rings is 1. The summed E-state index contributed by atoms with van der Waals surface area (Å²) in [5, 5.41) is 14.8. The molecule has 3 rings (SSSR count). The van der Waals surface area contributed by atoms with Crippen LogP contribution in [0.1, 0.15) is 59.1 Å². The van der Waals surface area contributed by atoms with E-state index in [0.29, 0.717) is 36.7 Å². The number of carbonyl (C=O) groups is 2. The van der Waals surface area contributed by atoms with Crippen LogP contribution in [0.4, 0.5) is 5.69 Å². The van der Waals surface area contributed by atoms with Crippen molar-refractivity contribution >= 4 is 17.5 Å². The van der Waals surface area contributed by atoms with Crippen molar-refractivity contribution in [2.24, 2.45) is 5.92 Å². The Morgan fingerprint density at radius 2 is 2.04 bits per heavy atom. The van der Waals surface area contributed by atoms with Gasteiger partial charge in [0.15, 0.2) is 11.5 Å². The van der Waals surface area contributed by atoms with Gasteiger partial charge in [0.05, 0.1) is 16.9 Å². The molecule has 7 heteroatoms. The lowest BCUT2D eigenvalue weighted by molar-refractivity contribution is 0.0933. The third kappa shape index (κ3) is 4.00. The molecule has 140 valence electrons. The molecule has 0 fully saturated rings. The van der Waals surface area contributed by atoms with E-state index in [2.05, 4.69) is 21.7 Å². The summed E-state index contributed by atoms with van der Waals surface area (Å²) in [6, 6.07) is 8.87. The molecule has 1 aromatic heterocycles. The van der Waals surface area contributed by atoms with Gasteiger partial charge >= 0.3 is 0 Å². The van der Waals surface area contributed by atoms with Gasteiger partial charge in [-0.05, 0) is 37.3 Å². The second-order valence-electron chi connectivity index (χ2n) is 7.05. The average molecular weight is 365 g/mol. The first-order valence-corrected chi connectivity index (χ1v) is 9.19. The number of fused-ring (bicyclic) bond motifs is 1. The van der Waals surface area contributed by atoms with Crippen LogP contribution in [-0.4, -0.2) is 27.9 Å². The summed E-state index contributed by atoms with van der Waals surface area (Å²) in [6.45, 7) is 5.27. The fraction of sp³-hybridized carbons (Fsp3) is 0.400. The third-order valence-corrected chi connectivity index (χ3v) is 4.50. The number of carbonyl (C=O) groups excluding carboxylic acids is 2. The summed E-state index contributed by atoms with van der Waals surface area (Å²) < 4.78 is 1.85.